The van der Waals surface area contributed by atoms with E-state index in [0.717, 1.165) is 11.8 Å². The Morgan fingerprint density at radius 1 is 1.28 bits per heavy atom. The molecule has 2 aliphatic rings. The summed E-state index contributed by atoms with van der Waals surface area (Å²) in [6, 6.07) is 0.442. The van der Waals surface area contributed by atoms with Gasteiger partial charge in [0.2, 0.25) is 0 Å². The molecule has 3 N–H and O–H groups in total. The van der Waals surface area contributed by atoms with Crippen molar-refractivity contribution in [1.82, 2.24) is 5.43 Å². The maximum absolute atomic E-state index is 6.33. The Balaban J connectivity index is 1.99. The Kier molecular flexibility index (Phi) is 4.68. The summed E-state index contributed by atoms with van der Waals surface area (Å²) in [7, 11) is 0. The van der Waals surface area contributed by atoms with Crippen molar-refractivity contribution in [2.45, 2.75) is 71.6 Å². The minimum absolute atomic E-state index is 0.432. The molecule has 1 saturated carbocycles. The van der Waals surface area contributed by atoms with Gasteiger partial charge in [-0.1, -0.05) is 27.7 Å². The Morgan fingerprint density at radius 2 is 2.00 bits per heavy atom. The topological polar surface area (TPSA) is 47.3 Å². The molecule has 0 amide bonds. The lowest BCUT2D eigenvalue weighted by atomic mass is 9.72. The first kappa shape index (κ1) is 14.3. The van der Waals surface area contributed by atoms with E-state index in [-0.39, 0.29) is 0 Å². The second-order valence-electron chi connectivity index (χ2n) is 6.97. The van der Waals surface area contributed by atoms with Crippen molar-refractivity contribution in [3.05, 3.63) is 0 Å². The summed E-state index contributed by atoms with van der Waals surface area (Å²) in [5.74, 6) is 8.50. The standard InChI is InChI=1S/C15H30N2O/c1-9(2)5-6-13-11(4)15-12(17-16)7-10(3)8-14(15)18-13/h9-15,17H,5-8,16H2,1-4H3. The summed E-state index contributed by atoms with van der Waals surface area (Å²) in [5.41, 5.74) is 3.04. The maximum atomic E-state index is 6.33. The van der Waals surface area contributed by atoms with Crippen molar-refractivity contribution in [3.8, 4) is 0 Å². The average Bonchev–Trinajstić information content (AvgIpc) is 2.62. The summed E-state index contributed by atoms with van der Waals surface area (Å²) >= 11 is 0. The molecule has 1 aliphatic heterocycles. The van der Waals surface area contributed by atoms with E-state index in [0.29, 0.717) is 30.1 Å². The quantitative estimate of drug-likeness (QED) is 0.599. The van der Waals surface area contributed by atoms with Crippen LogP contribution in [0.2, 0.25) is 0 Å². The molecule has 1 saturated heterocycles. The molecule has 0 spiro atoms. The first-order valence-electron chi connectivity index (χ1n) is 7.64. The fourth-order valence-corrected chi connectivity index (χ4v) is 3.95. The van der Waals surface area contributed by atoms with Crippen LogP contribution in [-0.2, 0) is 4.74 Å². The van der Waals surface area contributed by atoms with Gasteiger partial charge in [-0.3, -0.25) is 11.3 Å². The first-order valence-corrected chi connectivity index (χ1v) is 7.64. The Hall–Kier alpha value is -0.120. The molecule has 2 fully saturated rings. The van der Waals surface area contributed by atoms with Crippen molar-refractivity contribution >= 4 is 0 Å². The Bertz CT molecular complexity index is 269. The molecular weight excluding hydrogens is 224 g/mol. The van der Waals surface area contributed by atoms with Crippen LogP contribution in [0.15, 0.2) is 0 Å². The summed E-state index contributed by atoms with van der Waals surface area (Å²) in [5, 5.41) is 0. The van der Waals surface area contributed by atoms with Crippen molar-refractivity contribution < 1.29 is 4.74 Å². The van der Waals surface area contributed by atoms with E-state index in [1.54, 1.807) is 0 Å². The molecule has 0 aromatic rings. The molecule has 1 aliphatic carbocycles. The van der Waals surface area contributed by atoms with Crippen LogP contribution < -0.4 is 11.3 Å². The van der Waals surface area contributed by atoms with Gasteiger partial charge in [-0.25, -0.2) is 0 Å². The highest BCUT2D eigenvalue weighted by molar-refractivity contribution is 4.98. The highest BCUT2D eigenvalue weighted by Gasteiger charge is 2.48. The number of fused-ring (bicyclic) bond motifs is 1. The zero-order valence-electron chi connectivity index (χ0n) is 12.4. The van der Waals surface area contributed by atoms with E-state index in [4.69, 9.17) is 10.6 Å². The van der Waals surface area contributed by atoms with Gasteiger partial charge in [-0.2, -0.15) is 0 Å². The SMILES string of the molecule is CC(C)CCC1OC2CC(C)CC(NN)C2C1C. The normalized spacial score (nSPS) is 44.3. The molecule has 6 atom stereocenters. The number of nitrogens with two attached hydrogens (primary N) is 1. The number of ether oxygens (including phenoxy) is 1. The highest BCUT2D eigenvalue weighted by Crippen LogP contribution is 2.44. The summed E-state index contributed by atoms with van der Waals surface area (Å²) < 4.78 is 6.33. The van der Waals surface area contributed by atoms with Gasteiger partial charge in [0.05, 0.1) is 12.2 Å². The van der Waals surface area contributed by atoms with Crippen LogP contribution in [0.4, 0.5) is 0 Å². The van der Waals surface area contributed by atoms with E-state index in [1.165, 1.54) is 25.7 Å². The molecule has 3 nitrogen and oxygen atoms in total. The lowest BCUT2D eigenvalue weighted by molar-refractivity contribution is -0.00592. The summed E-state index contributed by atoms with van der Waals surface area (Å²) in [6.45, 7) is 9.25. The van der Waals surface area contributed by atoms with Gasteiger partial charge in [-0.05, 0) is 43.4 Å². The molecule has 106 valence electrons. The predicted molar refractivity (Wildman–Crippen MR) is 74.9 cm³/mol. The van der Waals surface area contributed by atoms with E-state index in [2.05, 4.69) is 33.1 Å². The van der Waals surface area contributed by atoms with E-state index >= 15 is 0 Å². The lowest BCUT2D eigenvalue weighted by Gasteiger charge is -2.37. The van der Waals surface area contributed by atoms with Gasteiger partial charge >= 0.3 is 0 Å². The third kappa shape index (κ3) is 2.89. The minimum Gasteiger partial charge on any atom is -0.374 e. The molecule has 2 rings (SSSR count). The van der Waals surface area contributed by atoms with Crippen LogP contribution in [0.5, 0.6) is 0 Å². The fraction of sp³-hybridized carbons (Fsp3) is 1.00. The van der Waals surface area contributed by atoms with Crippen molar-refractivity contribution in [3.63, 3.8) is 0 Å². The van der Waals surface area contributed by atoms with Crippen molar-refractivity contribution in [1.29, 1.82) is 0 Å². The second-order valence-corrected chi connectivity index (χ2v) is 6.97. The molecule has 0 aromatic heterocycles. The van der Waals surface area contributed by atoms with Crippen LogP contribution in [0.1, 0.15) is 53.4 Å². The molecule has 6 unspecified atom stereocenters. The Morgan fingerprint density at radius 3 is 2.61 bits per heavy atom. The number of hydrazine groups is 1. The number of hydrogen-bond acceptors (Lipinski definition) is 3. The van der Waals surface area contributed by atoms with Crippen molar-refractivity contribution in [2.24, 2.45) is 29.5 Å². The molecule has 0 radical (unpaired) electrons. The fourth-order valence-electron chi connectivity index (χ4n) is 3.95. The minimum atomic E-state index is 0.432. The molecular formula is C15H30N2O. The smallest absolute Gasteiger partial charge is 0.0628 e. The molecule has 0 aromatic carbocycles. The highest BCUT2D eigenvalue weighted by atomic mass is 16.5. The van der Waals surface area contributed by atoms with E-state index < -0.39 is 0 Å². The van der Waals surface area contributed by atoms with Gasteiger partial charge in [0.1, 0.15) is 0 Å². The number of rotatable bonds is 4. The average molecular weight is 254 g/mol. The third-order valence-electron chi connectivity index (χ3n) is 4.97. The monoisotopic (exact) mass is 254 g/mol. The van der Waals surface area contributed by atoms with Gasteiger partial charge in [0.15, 0.2) is 0 Å². The lowest BCUT2D eigenvalue weighted by Crippen LogP contribution is -2.50. The second kappa shape index (κ2) is 5.89. The van der Waals surface area contributed by atoms with Crippen molar-refractivity contribution in [2.75, 3.05) is 0 Å². The number of hydrogen-bond donors (Lipinski definition) is 2. The van der Waals surface area contributed by atoms with Crippen LogP contribution in [-0.4, -0.2) is 18.2 Å². The zero-order chi connectivity index (χ0) is 13.3. The first-order chi connectivity index (χ1) is 8.52. The predicted octanol–water partition coefficient (Wildman–Crippen LogP) is 2.70. The maximum Gasteiger partial charge on any atom is 0.0628 e. The van der Waals surface area contributed by atoms with Gasteiger partial charge in [-0.15, -0.1) is 0 Å². The van der Waals surface area contributed by atoms with Crippen LogP contribution >= 0.6 is 0 Å². The van der Waals surface area contributed by atoms with E-state index in [9.17, 15) is 0 Å². The summed E-state index contributed by atoms with van der Waals surface area (Å²) in [4.78, 5) is 0. The van der Waals surface area contributed by atoms with Gasteiger partial charge in [0.25, 0.3) is 0 Å². The number of nitrogens with one attached hydrogen (secondary N) is 1. The van der Waals surface area contributed by atoms with Gasteiger partial charge in [0, 0.05) is 12.0 Å². The Labute approximate surface area is 112 Å². The van der Waals surface area contributed by atoms with Crippen LogP contribution in [0.25, 0.3) is 0 Å². The zero-order valence-corrected chi connectivity index (χ0v) is 12.4. The molecule has 18 heavy (non-hydrogen) atoms. The van der Waals surface area contributed by atoms with Crippen LogP contribution in [0, 0.1) is 23.7 Å². The molecule has 3 heteroatoms. The largest absolute Gasteiger partial charge is 0.374 e. The summed E-state index contributed by atoms with van der Waals surface area (Å²) in [6.07, 6.45) is 5.76. The van der Waals surface area contributed by atoms with Crippen LogP contribution in [0.3, 0.4) is 0 Å². The third-order valence-corrected chi connectivity index (χ3v) is 4.97. The molecule has 0 bridgehead atoms. The molecule has 1 heterocycles. The van der Waals surface area contributed by atoms with E-state index in [1.807, 2.05) is 0 Å². The van der Waals surface area contributed by atoms with Gasteiger partial charge < -0.3 is 4.74 Å².